The molecule has 2 aliphatic heterocycles. The van der Waals surface area contributed by atoms with E-state index in [2.05, 4.69) is 255 Å². The molecule has 0 saturated carbocycles. The summed E-state index contributed by atoms with van der Waals surface area (Å²) in [6.45, 7) is 0. The minimum atomic E-state index is 0.593. The monoisotopic (exact) mass is 1170 g/mol. The van der Waals surface area contributed by atoms with E-state index in [9.17, 15) is 10.5 Å². The Bertz CT molecular complexity index is 6070. The number of nitrogens with zero attached hydrogens (tertiary/aromatic N) is 2. The molecule has 424 valence electrons. The van der Waals surface area contributed by atoms with E-state index in [1.807, 2.05) is 60.7 Å². The van der Waals surface area contributed by atoms with Crippen molar-refractivity contribution in [3.8, 4) is 113 Å². The van der Waals surface area contributed by atoms with Crippen molar-refractivity contribution in [2.45, 2.75) is 0 Å². The van der Waals surface area contributed by atoms with Crippen molar-refractivity contribution in [3.63, 3.8) is 0 Å². The van der Waals surface area contributed by atoms with Crippen molar-refractivity contribution >= 4 is 86.2 Å². The van der Waals surface area contributed by atoms with Gasteiger partial charge in [0, 0.05) is 21.9 Å². The Hall–Kier alpha value is -12.6. The zero-order chi connectivity index (χ0) is 61.0. The molecule has 4 nitrogen and oxygen atoms in total. The number of benzene rings is 17. The first-order valence-corrected chi connectivity index (χ1v) is 31.1. The first-order chi connectivity index (χ1) is 45.5. The molecule has 0 unspecified atom stereocenters. The van der Waals surface area contributed by atoms with Gasteiger partial charge in [0.15, 0.2) is 0 Å². The molecule has 4 heteroatoms. The molecule has 0 bridgehead atoms. The average Bonchev–Trinajstić information content (AvgIpc) is 0.778. The second-order valence-corrected chi connectivity index (χ2v) is 23.9. The smallest absolute Gasteiger partial charge is 0.136 e. The number of hydrogen-bond donors (Lipinski definition) is 0. The van der Waals surface area contributed by atoms with Crippen LogP contribution in [-0.4, -0.2) is 0 Å². The highest BCUT2D eigenvalue weighted by atomic mass is 16.5. The molecule has 17 aromatic rings. The molecular weight excluding hydrogens is 1120 g/mol. The Labute approximate surface area is 530 Å². The highest BCUT2D eigenvalue weighted by Crippen LogP contribution is 2.52. The maximum absolute atomic E-state index is 9.43. The predicted molar refractivity (Wildman–Crippen MR) is 381 cm³/mol. The van der Waals surface area contributed by atoms with Crippen LogP contribution in [0, 0.1) is 22.7 Å². The molecule has 0 spiro atoms. The second kappa shape index (κ2) is 21.0. The maximum atomic E-state index is 9.43. The van der Waals surface area contributed by atoms with Gasteiger partial charge in [-0.15, -0.1) is 0 Å². The van der Waals surface area contributed by atoms with E-state index in [1.165, 1.54) is 104 Å². The van der Waals surface area contributed by atoms with E-state index in [1.54, 1.807) is 0 Å². The molecule has 92 heavy (non-hydrogen) atoms. The molecule has 0 fully saturated rings. The highest BCUT2D eigenvalue weighted by molar-refractivity contribution is 6.25. The van der Waals surface area contributed by atoms with E-state index in [0.717, 1.165) is 83.5 Å². The first kappa shape index (κ1) is 52.5. The lowest BCUT2D eigenvalue weighted by molar-refractivity contribution is 0.486. The van der Waals surface area contributed by atoms with Crippen LogP contribution >= 0.6 is 0 Å². The lowest BCUT2D eigenvalue weighted by atomic mass is 9.87. The normalized spacial score (nSPS) is 11.8. The van der Waals surface area contributed by atoms with Crippen molar-refractivity contribution in [2.24, 2.45) is 0 Å². The van der Waals surface area contributed by atoms with Gasteiger partial charge in [0.1, 0.15) is 23.0 Å². The maximum Gasteiger partial charge on any atom is 0.136 e. The van der Waals surface area contributed by atoms with Crippen molar-refractivity contribution in [1.29, 1.82) is 10.5 Å². The minimum absolute atomic E-state index is 0.593. The molecule has 0 saturated heterocycles. The second-order valence-electron chi connectivity index (χ2n) is 23.9. The third-order valence-corrected chi connectivity index (χ3v) is 19.0. The first-order valence-electron chi connectivity index (χ1n) is 31.1. The van der Waals surface area contributed by atoms with Gasteiger partial charge in [-0.1, -0.05) is 237 Å². The summed E-state index contributed by atoms with van der Waals surface area (Å²) in [7, 11) is 0. The van der Waals surface area contributed by atoms with Gasteiger partial charge in [-0.3, -0.25) is 0 Å². The summed E-state index contributed by atoms with van der Waals surface area (Å²) < 4.78 is 12.7. The number of hydrogen-bond acceptors (Lipinski definition) is 4. The highest BCUT2D eigenvalue weighted by Gasteiger charge is 2.25. The van der Waals surface area contributed by atoms with Gasteiger partial charge < -0.3 is 9.47 Å². The molecule has 0 aromatic heterocycles. The number of fused-ring (bicyclic) bond motifs is 14. The van der Waals surface area contributed by atoms with Crippen LogP contribution in [0.3, 0.4) is 0 Å². The summed E-state index contributed by atoms with van der Waals surface area (Å²) >= 11 is 0. The Morgan fingerprint density at radius 2 is 0.533 bits per heavy atom. The Morgan fingerprint density at radius 1 is 0.196 bits per heavy atom. The van der Waals surface area contributed by atoms with Gasteiger partial charge in [0.25, 0.3) is 0 Å². The van der Waals surface area contributed by atoms with E-state index in [4.69, 9.17) is 9.47 Å². The molecule has 0 N–H and O–H groups in total. The lowest BCUT2D eigenvalue weighted by Gasteiger charge is -2.22. The van der Waals surface area contributed by atoms with E-state index in [0.29, 0.717) is 11.1 Å². The summed E-state index contributed by atoms with van der Waals surface area (Å²) in [6.07, 6.45) is 0. The molecule has 0 aliphatic carbocycles. The van der Waals surface area contributed by atoms with Crippen LogP contribution in [0.15, 0.2) is 303 Å². The average molecular weight is 1170 g/mol. The summed E-state index contributed by atoms with van der Waals surface area (Å²) in [6, 6.07) is 112. The van der Waals surface area contributed by atoms with Gasteiger partial charge in [-0.05, 0) is 209 Å². The van der Waals surface area contributed by atoms with Crippen molar-refractivity contribution in [1.82, 2.24) is 0 Å². The van der Waals surface area contributed by atoms with Gasteiger partial charge in [-0.25, -0.2) is 0 Å². The molecule has 0 amide bonds. The fraction of sp³-hybridized carbons (Fsp3) is 0. The molecule has 17 aromatic carbocycles. The SMILES string of the molecule is N#Cc1ccc2c(c1)Oc1cccc3c(-c4ccc(-c5cc6c7ccccc7c(-c7ccccc7)cc6c6ccccc56)cc4)ccc-2c13.N#Cc1ccc2c(c1)Oc1cccc3c(-c4ccc(-c5cc6c7ccccc7ccc6c6ccccc56)cc4)ccc-2c13. The topological polar surface area (TPSA) is 66.0 Å². The van der Waals surface area contributed by atoms with Crippen molar-refractivity contribution in [2.75, 3.05) is 0 Å². The summed E-state index contributed by atoms with van der Waals surface area (Å²) in [5.74, 6) is 3.09. The molecule has 0 atom stereocenters. The Morgan fingerprint density at radius 3 is 0.989 bits per heavy atom. The molecular formula is C88H50N2O2. The molecule has 0 radical (unpaired) electrons. The molecule has 2 aliphatic rings. The number of nitriles is 2. The van der Waals surface area contributed by atoms with Crippen LogP contribution in [0.4, 0.5) is 0 Å². The summed E-state index contributed by atoms with van der Waals surface area (Å²) in [4.78, 5) is 0. The third-order valence-electron chi connectivity index (χ3n) is 19.0. The van der Waals surface area contributed by atoms with Gasteiger partial charge in [0.05, 0.1) is 23.3 Å². The van der Waals surface area contributed by atoms with Crippen molar-refractivity contribution < 1.29 is 9.47 Å². The molecule has 2 heterocycles. The fourth-order valence-corrected chi connectivity index (χ4v) is 14.7. The van der Waals surface area contributed by atoms with E-state index >= 15 is 0 Å². The van der Waals surface area contributed by atoms with Crippen LogP contribution in [0.25, 0.3) is 164 Å². The standard InChI is InChI=1S/C47H27NO.C41H23NO/c48-28-29-17-22-38-40-24-23-33(39-15-8-16-45(47(39)40)49-46(38)25-29)31-18-20-32(21-19-31)42-27-44-36-13-6-4-11-34(36)41(30-9-2-1-3-10-30)26-43(44)37-14-7-5-12-35(37)42;42-24-25-12-18-34-36-21-20-30(35-10-5-11-39(41(35)36)43-40(34)22-25)27-13-15-28(16-14-27)37-23-38-29-7-2-1-6-26(29)17-19-33(38)31-8-3-4-9-32(31)37/h1-27H;1-23H. The largest absolute Gasteiger partial charge is 0.456 e. The lowest BCUT2D eigenvalue weighted by Crippen LogP contribution is -1.98. The number of rotatable bonds is 5. The molecule has 19 rings (SSSR count). The zero-order valence-corrected chi connectivity index (χ0v) is 49.6. The predicted octanol–water partition coefficient (Wildman–Crippen LogP) is 24.2. The zero-order valence-electron chi connectivity index (χ0n) is 49.6. The van der Waals surface area contributed by atoms with Crippen LogP contribution in [0.1, 0.15) is 11.1 Å². The Kier molecular flexibility index (Phi) is 12.0. The van der Waals surface area contributed by atoms with Crippen molar-refractivity contribution in [3.05, 3.63) is 314 Å². The van der Waals surface area contributed by atoms with Crippen LogP contribution in [0.5, 0.6) is 23.0 Å². The van der Waals surface area contributed by atoms with Crippen LogP contribution < -0.4 is 9.47 Å². The van der Waals surface area contributed by atoms with Gasteiger partial charge in [0.2, 0.25) is 0 Å². The minimum Gasteiger partial charge on any atom is -0.456 e. The quantitative estimate of drug-likeness (QED) is 0.161. The number of ether oxygens (including phenoxy) is 2. The third kappa shape index (κ3) is 8.36. The fourth-order valence-electron chi connectivity index (χ4n) is 14.7. The van der Waals surface area contributed by atoms with Crippen LogP contribution in [0.2, 0.25) is 0 Å². The Balaban J connectivity index is 0.000000137. The van der Waals surface area contributed by atoms with Crippen LogP contribution in [-0.2, 0) is 0 Å². The summed E-state index contributed by atoms with van der Waals surface area (Å²) in [5.41, 5.74) is 17.5. The summed E-state index contributed by atoms with van der Waals surface area (Å²) in [5, 5.41) is 38.5. The van der Waals surface area contributed by atoms with Gasteiger partial charge >= 0.3 is 0 Å². The van der Waals surface area contributed by atoms with E-state index in [-0.39, 0.29) is 0 Å². The van der Waals surface area contributed by atoms with E-state index < -0.39 is 0 Å². The van der Waals surface area contributed by atoms with Gasteiger partial charge in [-0.2, -0.15) is 10.5 Å².